The van der Waals surface area contributed by atoms with Crippen LogP contribution in [0.3, 0.4) is 0 Å². The lowest BCUT2D eigenvalue weighted by Gasteiger charge is -2.19. The molecule has 1 aliphatic heterocycles. The summed E-state index contributed by atoms with van der Waals surface area (Å²) in [5, 5.41) is 4.34. The number of carbonyl (C=O) groups excluding carboxylic acids is 1. The summed E-state index contributed by atoms with van der Waals surface area (Å²) in [5.74, 6) is -0.370. The van der Waals surface area contributed by atoms with E-state index in [-0.39, 0.29) is 17.3 Å². The second-order valence-corrected chi connectivity index (χ2v) is 8.34. The van der Waals surface area contributed by atoms with Crippen LogP contribution < -0.4 is 9.62 Å². The van der Waals surface area contributed by atoms with Crippen LogP contribution >= 0.6 is 0 Å². The van der Waals surface area contributed by atoms with Crippen molar-refractivity contribution in [2.24, 2.45) is 0 Å². The standard InChI is InChI=1S/C20H18N2O3S/c1-13-9-10-16(14(2)11-13)21-19(23)12-22-17-7-3-5-15-6-4-8-18(20(15)17)26(22,24)25/h3-11H,12H2,1-2H3,(H,21,23). The van der Waals surface area contributed by atoms with Crippen LogP contribution in [0.15, 0.2) is 59.5 Å². The van der Waals surface area contributed by atoms with Gasteiger partial charge in [0.05, 0.1) is 10.6 Å². The fraction of sp³-hybridized carbons (Fsp3) is 0.150. The van der Waals surface area contributed by atoms with E-state index >= 15 is 0 Å². The number of anilines is 2. The number of nitrogens with one attached hydrogen (secondary N) is 1. The first-order chi connectivity index (χ1) is 12.4. The van der Waals surface area contributed by atoms with Crippen LogP contribution in [0, 0.1) is 13.8 Å². The largest absolute Gasteiger partial charge is 0.324 e. The zero-order chi connectivity index (χ0) is 18.5. The Bertz CT molecular complexity index is 1150. The molecule has 1 amide bonds. The smallest absolute Gasteiger partial charge is 0.265 e. The van der Waals surface area contributed by atoms with Crippen molar-refractivity contribution in [1.29, 1.82) is 0 Å². The van der Waals surface area contributed by atoms with Crippen molar-refractivity contribution < 1.29 is 13.2 Å². The maximum Gasteiger partial charge on any atom is 0.265 e. The zero-order valence-electron chi connectivity index (χ0n) is 14.5. The summed E-state index contributed by atoms with van der Waals surface area (Å²) in [6.45, 7) is 3.63. The van der Waals surface area contributed by atoms with E-state index in [0.717, 1.165) is 16.5 Å². The highest BCUT2D eigenvalue weighted by Crippen LogP contribution is 2.41. The van der Waals surface area contributed by atoms with E-state index in [1.54, 1.807) is 24.3 Å². The van der Waals surface area contributed by atoms with E-state index < -0.39 is 10.0 Å². The zero-order valence-corrected chi connectivity index (χ0v) is 15.3. The molecule has 0 aromatic heterocycles. The number of hydrogen-bond acceptors (Lipinski definition) is 3. The number of aryl methyl sites for hydroxylation is 2. The molecule has 0 fully saturated rings. The first-order valence-electron chi connectivity index (χ1n) is 8.29. The second kappa shape index (κ2) is 5.85. The van der Waals surface area contributed by atoms with E-state index in [0.29, 0.717) is 16.8 Å². The average molecular weight is 366 g/mol. The molecular weight excluding hydrogens is 348 g/mol. The van der Waals surface area contributed by atoms with Crippen molar-refractivity contribution in [3.05, 3.63) is 65.7 Å². The van der Waals surface area contributed by atoms with Gasteiger partial charge in [-0.1, -0.05) is 42.0 Å². The monoisotopic (exact) mass is 366 g/mol. The number of hydrogen-bond donors (Lipinski definition) is 1. The van der Waals surface area contributed by atoms with Crippen molar-refractivity contribution in [1.82, 2.24) is 0 Å². The predicted octanol–water partition coefficient (Wildman–Crippen LogP) is 3.60. The van der Waals surface area contributed by atoms with Gasteiger partial charge < -0.3 is 5.32 Å². The molecule has 0 radical (unpaired) electrons. The van der Waals surface area contributed by atoms with Gasteiger partial charge in [0.15, 0.2) is 0 Å². The molecule has 0 unspecified atom stereocenters. The predicted molar refractivity (Wildman–Crippen MR) is 103 cm³/mol. The highest BCUT2D eigenvalue weighted by atomic mass is 32.2. The van der Waals surface area contributed by atoms with Gasteiger partial charge >= 0.3 is 0 Å². The highest BCUT2D eigenvalue weighted by Gasteiger charge is 2.36. The summed E-state index contributed by atoms with van der Waals surface area (Å²) >= 11 is 0. The molecule has 26 heavy (non-hydrogen) atoms. The van der Waals surface area contributed by atoms with Gasteiger partial charge in [0.25, 0.3) is 10.0 Å². The highest BCUT2D eigenvalue weighted by molar-refractivity contribution is 7.93. The van der Waals surface area contributed by atoms with Crippen LogP contribution in [-0.2, 0) is 14.8 Å². The van der Waals surface area contributed by atoms with Crippen molar-refractivity contribution in [2.45, 2.75) is 18.7 Å². The minimum Gasteiger partial charge on any atom is -0.324 e. The van der Waals surface area contributed by atoms with Crippen molar-refractivity contribution in [2.75, 3.05) is 16.2 Å². The SMILES string of the molecule is Cc1ccc(NC(=O)CN2c3cccc4cccc(c34)S2(=O)=O)c(C)c1. The third-order valence-corrected chi connectivity index (χ3v) is 6.43. The molecule has 1 heterocycles. The fourth-order valence-electron chi connectivity index (χ4n) is 3.40. The Morgan fingerprint density at radius 1 is 1.04 bits per heavy atom. The minimum atomic E-state index is -3.73. The van der Waals surface area contributed by atoms with Gasteiger partial charge in [0.2, 0.25) is 5.91 Å². The Morgan fingerprint density at radius 2 is 1.77 bits per heavy atom. The van der Waals surface area contributed by atoms with E-state index in [4.69, 9.17) is 0 Å². The van der Waals surface area contributed by atoms with Gasteiger partial charge in [0.1, 0.15) is 6.54 Å². The number of amides is 1. The van der Waals surface area contributed by atoms with E-state index in [2.05, 4.69) is 5.32 Å². The Hall–Kier alpha value is -2.86. The summed E-state index contributed by atoms with van der Waals surface area (Å²) < 4.78 is 27.0. The van der Waals surface area contributed by atoms with E-state index in [1.807, 2.05) is 44.2 Å². The summed E-state index contributed by atoms with van der Waals surface area (Å²) in [6.07, 6.45) is 0. The van der Waals surface area contributed by atoms with Gasteiger partial charge in [-0.25, -0.2) is 8.42 Å². The molecule has 4 rings (SSSR count). The Balaban J connectivity index is 1.67. The number of carbonyl (C=O) groups is 1. The van der Waals surface area contributed by atoms with E-state index in [1.165, 1.54) is 4.31 Å². The van der Waals surface area contributed by atoms with Gasteiger partial charge in [-0.05, 0) is 43.0 Å². The summed E-state index contributed by atoms with van der Waals surface area (Å²) in [5.41, 5.74) is 3.28. The van der Waals surface area contributed by atoms with Crippen LogP contribution in [0.2, 0.25) is 0 Å². The number of benzene rings is 3. The van der Waals surface area contributed by atoms with Crippen LogP contribution in [0.4, 0.5) is 11.4 Å². The molecule has 5 nitrogen and oxygen atoms in total. The number of rotatable bonds is 3. The number of sulfonamides is 1. The molecule has 132 valence electrons. The van der Waals surface area contributed by atoms with Gasteiger partial charge in [-0.15, -0.1) is 0 Å². The van der Waals surface area contributed by atoms with Crippen LogP contribution in [-0.4, -0.2) is 20.9 Å². The quantitative estimate of drug-likeness (QED) is 0.770. The van der Waals surface area contributed by atoms with Gasteiger partial charge in [0, 0.05) is 11.1 Å². The van der Waals surface area contributed by atoms with Crippen molar-refractivity contribution in [3.8, 4) is 0 Å². The molecule has 3 aromatic carbocycles. The molecule has 0 bridgehead atoms. The van der Waals surface area contributed by atoms with Crippen LogP contribution in [0.5, 0.6) is 0 Å². The topological polar surface area (TPSA) is 66.5 Å². The van der Waals surface area contributed by atoms with Crippen molar-refractivity contribution >= 4 is 38.1 Å². The minimum absolute atomic E-state index is 0.255. The molecule has 3 aromatic rings. The fourth-order valence-corrected chi connectivity index (χ4v) is 5.07. The molecule has 0 spiro atoms. The summed E-state index contributed by atoms with van der Waals surface area (Å²) in [4.78, 5) is 12.8. The lowest BCUT2D eigenvalue weighted by molar-refractivity contribution is -0.114. The molecule has 0 saturated heterocycles. The van der Waals surface area contributed by atoms with Crippen LogP contribution in [0.1, 0.15) is 11.1 Å². The molecule has 0 atom stereocenters. The summed E-state index contributed by atoms with van der Waals surface area (Å²) in [6, 6.07) is 16.3. The van der Waals surface area contributed by atoms with Gasteiger partial charge in [-0.3, -0.25) is 9.10 Å². The summed E-state index contributed by atoms with van der Waals surface area (Å²) in [7, 11) is -3.73. The average Bonchev–Trinajstić information content (AvgIpc) is 2.81. The van der Waals surface area contributed by atoms with Crippen molar-refractivity contribution in [3.63, 3.8) is 0 Å². The Morgan fingerprint density at radius 3 is 2.50 bits per heavy atom. The second-order valence-electron chi connectivity index (χ2n) is 6.51. The molecule has 1 aliphatic rings. The van der Waals surface area contributed by atoms with Gasteiger partial charge in [-0.2, -0.15) is 0 Å². The van der Waals surface area contributed by atoms with Crippen LogP contribution in [0.25, 0.3) is 10.8 Å². The normalized spacial score (nSPS) is 14.6. The molecular formula is C20H18N2O3S. The third kappa shape index (κ3) is 2.54. The first-order valence-corrected chi connectivity index (χ1v) is 9.73. The maximum absolute atomic E-state index is 12.9. The van der Waals surface area contributed by atoms with E-state index in [9.17, 15) is 13.2 Å². The first kappa shape index (κ1) is 16.6. The Labute approximate surface area is 152 Å². The molecule has 6 heteroatoms. The molecule has 1 N–H and O–H groups in total. The lowest BCUT2D eigenvalue weighted by atomic mass is 10.1. The lowest BCUT2D eigenvalue weighted by Crippen LogP contribution is -2.35. The third-order valence-electron chi connectivity index (χ3n) is 4.62. The molecule has 0 saturated carbocycles. The Kier molecular flexibility index (Phi) is 3.73. The number of nitrogens with zero attached hydrogens (tertiary/aromatic N) is 1. The maximum atomic E-state index is 12.9. The molecule has 0 aliphatic carbocycles.